The number of anilines is 1. The maximum Gasteiger partial charge on any atom is 0.325 e. The summed E-state index contributed by atoms with van der Waals surface area (Å²) < 4.78 is 27.2. The normalized spacial score (nSPS) is 16.9. The predicted octanol–water partition coefficient (Wildman–Crippen LogP) is 3.86. The van der Waals surface area contributed by atoms with Crippen LogP contribution in [-0.2, 0) is 14.4 Å². The van der Waals surface area contributed by atoms with Gasteiger partial charge < -0.3 is 5.32 Å². The molecule has 0 amide bonds. The van der Waals surface area contributed by atoms with Crippen molar-refractivity contribution in [2.45, 2.75) is 0 Å². The number of nitriles is 1. The first-order valence-corrected chi connectivity index (χ1v) is 10.2. The van der Waals surface area contributed by atoms with Gasteiger partial charge in [0.1, 0.15) is 11.8 Å². The molecule has 0 atom stereocenters. The van der Waals surface area contributed by atoms with Crippen molar-refractivity contribution in [1.82, 2.24) is 0 Å². The Morgan fingerprint density at radius 3 is 2.29 bits per heavy atom. The molecule has 0 aliphatic heterocycles. The van der Waals surface area contributed by atoms with E-state index >= 15 is 0 Å². The third-order valence-corrected chi connectivity index (χ3v) is 4.13. The molecule has 0 unspecified atom stereocenters. The fourth-order valence-corrected chi connectivity index (χ4v) is 2.77. The van der Waals surface area contributed by atoms with Crippen LogP contribution in [0.2, 0.25) is 0 Å². The number of hydrogen-bond acceptors (Lipinski definition) is 6. The Balaban J connectivity index is 2.06. The zero-order valence-corrected chi connectivity index (χ0v) is 15.8. The van der Waals surface area contributed by atoms with E-state index in [4.69, 9.17) is 0 Å². The average Bonchev–Trinajstić information content (AvgIpc) is 2.69. The number of rotatable bonds is 5. The second-order valence-corrected chi connectivity index (χ2v) is 7.50. The molecule has 0 fully saturated rings. The number of hydrogen-bond donors (Lipinski definition) is 1. The van der Waals surface area contributed by atoms with Crippen molar-refractivity contribution in [3.8, 4) is 6.07 Å². The molecule has 6 nitrogen and oxygen atoms in total. The Morgan fingerprint density at radius 2 is 1.68 bits per heavy atom. The summed E-state index contributed by atoms with van der Waals surface area (Å²) in [5, 5.41) is 16.6. The second-order valence-electron chi connectivity index (χ2n) is 5.95. The van der Waals surface area contributed by atoms with E-state index in [0.29, 0.717) is 22.6 Å². The van der Waals surface area contributed by atoms with Gasteiger partial charge in [-0.3, -0.25) is 4.28 Å². The van der Waals surface area contributed by atoms with E-state index < -0.39 is 10.1 Å². The summed E-state index contributed by atoms with van der Waals surface area (Å²) in [6, 6.07) is 20.9. The zero-order chi connectivity index (χ0) is 20.0. The summed E-state index contributed by atoms with van der Waals surface area (Å²) in [4.78, 5) is 0. The molecule has 7 heteroatoms. The van der Waals surface area contributed by atoms with Crippen molar-refractivity contribution in [1.29, 1.82) is 5.26 Å². The molecule has 28 heavy (non-hydrogen) atoms. The number of nitrogens with zero attached hydrogens (tertiary/aromatic N) is 2. The Kier molecular flexibility index (Phi) is 5.72. The van der Waals surface area contributed by atoms with E-state index in [1.807, 2.05) is 60.7 Å². The summed E-state index contributed by atoms with van der Waals surface area (Å²) in [5.74, 6) is 0. The molecule has 1 aliphatic carbocycles. The molecule has 0 spiro atoms. The van der Waals surface area contributed by atoms with Gasteiger partial charge in [-0.05, 0) is 35.4 Å². The minimum absolute atomic E-state index is 0.295. The second kappa shape index (κ2) is 8.37. The molecule has 3 rings (SSSR count). The van der Waals surface area contributed by atoms with E-state index in [-0.39, 0.29) is 0 Å². The van der Waals surface area contributed by atoms with Crippen molar-refractivity contribution in [2.75, 3.05) is 11.6 Å². The molecule has 0 radical (unpaired) electrons. The van der Waals surface area contributed by atoms with Gasteiger partial charge in [0, 0.05) is 5.69 Å². The summed E-state index contributed by atoms with van der Waals surface area (Å²) in [6.07, 6.45) is 5.97. The Morgan fingerprint density at radius 1 is 1.04 bits per heavy atom. The molecular weight excluding hydrogens is 374 g/mol. The van der Waals surface area contributed by atoms with Gasteiger partial charge in [0.2, 0.25) is 0 Å². The number of allylic oxidation sites excluding steroid dienone is 5. The maximum atomic E-state index is 11.3. The highest BCUT2D eigenvalue weighted by Gasteiger charge is 2.16. The van der Waals surface area contributed by atoms with Crippen LogP contribution in [0.4, 0.5) is 5.69 Å². The fourth-order valence-electron chi connectivity index (χ4n) is 2.56. The van der Waals surface area contributed by atoms with Gasteiger partial charge >= 0.3 is 10.1 Å². The van der Waals surface area contributed by atoms with Crippen molar-refractivity contribution >= 4 is 27.1 Å². The zero-order valence-electron chi connectivity index (χ0n) is 15.0. The minimum atomic E-state index is -3.74. The van der Waals surface area contributed by atoms with Crippen LogP contribution in [0.15, 0.2) is 95.3 Å². The quantitative estimate of drug-likeness (QED) is 0.617. The Bertz CT molecular complexity index is 1120. The molecule has 0 aromatic heterocycles. The van der Waals surface area contributed by atoms with Crippen molar-refractivity contribution < 1.29 is 12.7 Å². The molecule has 140 valence electrons. The highest BCUT2D eigenvalue weighted by atomic mass is 32.2. The Hall–Kier alpha value is -3.63. The lowest BCUT2D eigenvalue weighted by Crippen LogP contribution is -2.14. The third kappa shape index (κ3) is 4.96. The number of nitrogens with one attached hydrogen (secondary N) is 1. The molecule has 0 bridgehead atoms. The summed E-state index contributed by atoms with van der Waals surface area (Å²) in [5.41, 5.74) is 3.54. The monoisotopic (exact) mass is 391 g/mol. The first kappa shape index (κ1) is 19.1. The summed E-state index contributed by atoms with van der Waals surface area (Å²) in [7, 11) is -3.74. The van der Waals surface area contributed by atoms with Crippen molar-refractivity contribution in [3.63, 3.8) is 0 Å². The van der Waals surface area contributed by atoms with Crippen LogP contribution < -0.4 is 5.32 Å². The van der Waals surface area contributed by atoms with Crippen LogP contribution in [0.25, 0.3) is 5.57 Å². The van der Waals surface area contributed by atoms with Crippen LogP contribution in [-0.4, -0.2) is 20.4 Å². The largest absolute Gasteiger partial charge is 0.354 e. The topological polar surface area (TPSA) is 91.6 Å². The van der Waals surface area contributed by atoms with E-state index in [1.165, 1.54) is 0 Å². The molecular formula is C21H17N3O3S. The van der Waals surface area contributed by atoms with E-state index in [1.54, 1.807) is 18.2 Å². The fraction of sp³-hybridized carbons (Fsp3) is 0.0476. The predicted molar refractivity (Wildman–Crippen MR) is 110 cm³/mol. The molecule has 0 saturated carbocycles. The molecule has 1 aliphatic rings. The minimum Gasteiger partial charge on any atom is -0.354 e. The van der Waals surface area contributed by atoms with Gasteiger partial charge in [-0.2, -0.15) is 13.7 Å². The highest BCUT2D eigenvalue weighted by molar-refractivity contribution is 7.85. The van der Waals surface area contributed by atoms with Gasteiger partial charge in [-0.15, -0.1) is 0 Å². The standard InChI is InChI=1S/C21H17N3O3S/c1-28(25,26)27-24-20-13-12-17(19(15-22)16-8-4-2-5-9-16)14-21(20)23-18-10-6-3-7-11-18/h2-14,23H,1H3/b19-17-,24-20+. The van der Waals surface area contributed by atoms with Crippen LogP contribution in [0.5, 0.6) is 0 Å². The van der Waals surface area contributed by atoms with Gasteiger partial charge in [-0.25, -0.2) is 0 Å². The lowest BCUT2D eigenvalue weighted by molar-refractivity contribution is 0.343. The molecule has 0 saturated heterocycles. The van der Waals surface area contributed by atoms with E-state index in [0.717, 1.165) is 17.5 Å². The van der Waals surface area contributed by atoms with Crippen LogP contribution in [0, 0.1) is 11.3 Å². The summed E-state index contributed by atoms with van der Waals surface area (Å²) in [6.45, 7) is 0. The van der Waals surface area contributed by atoms with Gasteiger partial charge in [0.15, 0.2) is 0 Å². The number of para-hydroxylation sites is 1. The molecule has 1 N–H and O–H groups in total. The van der Waals surface area contributed by atoms with Crippen LogP contribution >= 0.6 is 0 Å². The SMILES string of the molecule is CS(=O)(=O)O/N=C1C=C/C(=C(\C#N)c2ccccc2)C=C\1Nc1ccccc1. The molecule has 2 aromatic rings. The third-order valence-electron chi connectivity index (χ3n) is 3.78. The Labute approximate surface area is 163 Å². The number of oxime groups is 1. The van der Waals surface area contributed by atoms with Gasteiger partial charge in [0.05, 0.1) is 17.5 Å². The van der Waals surface area contributed by atoms with E-state index in [9.17, 15) is 13.7 Å². The molecule has 0 heterocycles. The first-order chi connectivity index (χ1) is 13.5. The van der Waals surface area contributed by atoms with Crippen molar-refractivity contribution in [3.05, 3.63) is 95.7 Å². The smallest absolute Gasteiger partial charge is 0.325 e. The van der Waals surface area contributed by atoms with Crippen LogP contribution in [0.1, 0.15) is 5.56 Å². The van der Waals surface area contributed by atoms with Gasteiger partial charge in [-0.1, -0.05) is 59.8 Å². The van der Waals surface area contributed by atoms with Crippen molar-refractivity contribution in [2.24, 2.45) is 5.16 Å². The van der Waals surface area contributed by atoms with Crippen LogP contribution in [0.3, 0.4) is 0 Å². The van der Waals surface area contributed by atoms with Gasteiger partial charge in [0.25, 0.3) is 0 Å². The first-order valence-electron chi connectivity index (χ1n) is 8.35. The molecule has 2 aromatic carbocycles. The van der Waals surface area contributed by atoms with E-state index in [2.05, 4.69) is 20.8 Å². The average molecular weight is 391 g/mol. The lowest BCUT2D eigenvalue weighted by atomic mass is 9.96. The highest BCUT2D eigenvalue weighted by Crippen LogP contribution is 2.25. The maximum absolute atomic E-state index is 11.3. The summed E-state index contributed by atoms with van der Waals surface area (Å²) >= 11 is 0. The number of benzene rings is 2. The lowest BCUT2D eigenvalue weighted by Gasteiger charge is -2.16.